The summed E-state index contributed by atoms with van der Waals surface area (Å²) in [6.45, 7) is 30.9. The van der Waals surface area contributed by atoms with Gasteiger partial charge in [0, 0.05) is 41.6 Å². The number of hydrogen-bond donors (Lipinski definition) is 2. The largest absolute Gasteiger partial charge is 0.507 e. The van der Waals surface area contributed by atoms with Gasteiger partial charge in [-0.05, 0) is 254 Å². The molecule has 0 heterocycles. The number of hydrogen-bond acceptors (Lipinski definition) is 11. The summed E-state index contributed by atoms with van der Waals surface area (Å²) in [5.74, 6) is 3.90. The van der Waals surface area contributed by atoms with Gasteiger partial charge in [-0.15, -0.1) is 0 Å². The van der Waals surface area contributed by atoms with Crippen LogP contribution in [0.5, 0.6) is 34.5 Å². The molecule has 0 spiro atoms. The zero-order valence-corrected chi connectivity index (χ0v) is 69.7. The van der Waals surface area contributed by atoms with Gasteiger partial charge in [-0.1, -0.05) is 216 Å². The highest BCUT2D eigenvalue weighted by atomic mass is 79.9. The Morgan fingerprint density at radius 3 is 1.34 bits per heavy atom. The SMILES string of the molecule is CC(=O)CCCNCc1c(OC(C)c2cccc(C#N)c2)cc(OCc2cccc(-c3ccccc3)c2C)c2c1CCC2.Cc1c(COc2cc(O)c(C=O)c3c2CCC3)cccc1-c1ccccc1.[C-]#[N+]c1cccc(C(C)Br)c1.[C-]#[N+]c1cccc(C(C)Oc2cc(OCc3cccc(-c4ccccc4)c3C)c3c(c2C=O)CCC3)c1. The fourth-order valence-electron chi connectivity index (χ4n) is 15.9. The van der Waals surface area contributed by atoms with Crippen LogP contribution in [0.4, 0.5) is 11.4 Å². The van der Waals surface area contributed by atoms with Crippen molar-refractivity contribution >= 4 is 45.7 Å². The first kappa shape index (κ1) is 84.7. The van der Waals surface area contributed by atoms with Crippen molar-refractivity contribution in [3.05, 3.63) is 365 Å². The van der Waals surface area contributed by atoms with Gasteiger partial charge in [0.2, 0.25) is 0 Å². The van der Waals surface area contributed by atoms with Gasteiger partial charge in [-0.3, -0.25) is 9.59 Å². The van der Waals surface area contributed by atoms with Gasteiger partial charge in [0.05, 0.1) is 35.9 Å². The number of phenols is 1. The minimum absolute atomic E-state index is 0.00964. The first-order valence-corrected chi connectivity index (χ1v) is 41.4. The summed E-state index contributed by atoms with van der Waals surface area (Å²) in [6.07, 6.45) is 10.9. The fraction of sp³-hybridized carbons (Fsp3) is 0.250. The molecule has 0 aromatic heterocycles. The molecule has 2 N–H and O–H groups in total. The molecule has 0 bridgehead atoms. The second kappa shape index (κ2) is 41.3. The number of nitriles is 1. The number of alkyl halides is 1. The number of carbonyl (C=O) groups is 3. The maximum Gasteiger partial charge on any atom is 0.187 e. The first-order valence-electron chi connectivity index (χ1n) is 40.5. The molecule has 0 saturated heterocycles. The number of ketones is 1. The topological polar surface area (TPSA) is 162 Å². The van der Waals surface area contributed by atoms with Crippen molar-refractivity contribution in [2.45, 2.75) is 162 Å². The average molecular weight is 1630 g/mol. The van der Waals surface area contributed by atoms with Gasteiger partial charge in [0.15, 0.2) is 23.9 Å². The van der Waals surface area contributed by atoms with Crippen LogP contribution < -0.4 is 29.0 Å². The molecular weight excluding hydrogens is 1530 g/mol. The van der Waals surface area contributed by atoms with E-state index in [-0.39, 0.29) is 23.7 Å². The third-order valence-corrected chi connectivity index (χ3v) is 22.9. The van der Waals surface area contributed by atoms with Crippen LogP contribution in [0.25, 0.3) is 43.1 Å². The van der Waals surface area contributed by atoms with Gasteiger partial charge in [-0.2, -0.15) is 5.26 Å². The number of fused-ring (bicyclic) bond motifs is 3. The van der Waals surface area contributed by atoms with E-state index in [2.05, 4.69) is 173 Å². The number of aldehydes is 2. The van der Waals surface area contributed by atoms with Crippen molar-refractivity contribution < 1.29 is 43.2 Å². The fourth-order valence-corrected chi connectivity index (χ4v) is 16.1. The molecule has 0 radical (unpaired) electrons. The molecule has 0 amide bonds. The van der Waals surface area contributed by atoms with Gasteiger partial charge in [0.25, 0.3) is 0 Å². The number of nitrogens with one attached hydrogen (secondary N) is 1. The van der Waals surface area contributed by atoms with E-state index in [1.807, 2.05) is 130 Å². The highest BCUT2D eigenvalue weighted by molar-refractivity contribution is 9.09. The molecule has 0 saturated carbocycles. The number of nitrogens with zero attached hydrogens (tertiary/aromatic N) is 3. The Bertz CT molecular complexity index is 5680. The van der Waals surface area contributed by atoms with Crippen molar-refractivity contribution in [3.63, 3.8) is 0 Å². The number of rotatable bonds is 27. The Morgan fingerprint density at radius 2 is 0.881 bits per heavy atom. The number of carbonyl (C=O) groups excluding carboxylic acids is 3. The van der Waals surface area contributed by atoms with Gasteiger partial charge < -0.3 is 38.9 Å². The van der Waals surface area contributed by atoms with Crippen LogP contribution in [0.3, 0.4) is 0 Å². The Balaban J connectivity index is 0.000000155. The molecule has 12 aromatic rings. The molecule has 0 fully saturated rings. The lowest BCUT2D eigenvalue weighted by Gasteiger charge is -2.23. The second-order valence-electron chi connectivity index (χ2n) is 30.1. The third-order valence-electron chi connectivity index (χ3n) is 22.4. The molecule has 3 aliphatic rings. The lowest BCUT2D eigenvalue weighted by molar-refractivity contribution is -0.117. The highest BCUT2D eigenvalue weighted by Gasteiger charge is 2.29. The van der Waals surface area contributed by atoms with E-state index in [1.165, 1.54) is 61.2 Å². The maximum atomic E-state index is 12.2. The van der Waals surface area contributed by atoms with Crippen molar-refractivity contribution in [2.24, 2.45) is 0 Å². The molecule has 14 heteroatoms. The van der Waals surface area contributed by atoms with E-state index in [0.29, 0.717) is 77.2 Å². The van der Waals surface area contributed by atoms with Crippen LogP contribution in [0.15, 0.2) is 237 Å². The molecule has 3 atom stereocenters. The van der Waals surface area contributed by atoms with Crippen LogP contribution >= 0.6 is 15.9 Å². The van der Waals surface area contributed by atoms with E-state index in [4.69, 9.17) is 36.8 Å². The van der Waals surface area contributed by atoms with E-state index in [0.717, 1.165) is 162 Å². The monoisotopic (exact) mass is 1630 g/mol. The van der Waals surface area contributed by atoms with Crippen molar-refractivity contribution in [2.75, 3.05) is 6.54 Å². The molecule has 0 aliphatic heterocycles. The number of halogens is 1. The van der Waals surface area contributed by atoms with Crippen LogP contribution in [0, 0.1) is 45.2 Å². The normalized spacial score (nSPS) is 12.7. The zero-order valence-electron chi connectivity index (χ0n) is 68.1. The summed E-state index contributed by atoms with van der Waals surface area (Å²) in [5.41, 5.74) is 28.0. The molecular formula is C104H99BrN4O9. The van der Waals surface area contributed by atoms with E-state index in [1.54, 1.807) is 19.1 Å². The second-order valence-corrected chi connectivity index (χ2v) is 31.5. The van der Waals surface area contributed by atoms with E-state index >= 15 is 0 Å². The number of Topliss-reactive ketones (excluding diaryl/α,β-unsaturated/α-hetero) is 1. The van der Waals surface area contributed by atoms with E-state index in [9.17, 15) is 24.8 Å². The van der Waals surface area contributed by atoms with Crippen molar-refractivity contribution in [3.8, 4) is 73.9 Å². The number of phenolic OH excluding ortho intramolecular Hbond substituents is 1. The summed E-state index contributed by atoms with van der Waals surface area (Å²) < 4.78 is 32.1. The predicted molar refractivity (Wildman–Crippen MR) is 474 cm³/mol. The summed E-state index contributed by atoms with van der Waals surface area (Å²) in [4.78, 5) is 42.0. The Kier molecular flexibility index (Phi) is 29.6. The maximum absolute atomic E-state index is 12.2. The lowest BCUT2D eigenvalue weighted by atomic mass is 9.97. The highest BCUT2D eigenvalue weighted by Crippen LogP contribution is 2.45. The lowest BCUT2D eigenvalue weighted by Crippen LogP contribution is -2.18. The zero-order chi connectivity index (χ0) is 83.0. The molecule has 15 rings (SSSR count). The van der Waals surface area contributed by atoms with Gasteiger partial charge in [-0.25, -0.2) is 9.69 Å². The minimum Gasteiger partial charge on any atom is -0.507 e. The quantitative estimate of drug-likeness (QED) is 0.0218. The summed E-state index contributed by atoms with van der Waals surface area (Å²) in [5, 5.41) is 23.2. The molecule has 118 heavy (non-hydrogen) atoms. The smallest absolute Gasteiger partial charge is 0.187 e. The van der Waals surface area contributed by atoms with Crippen molar-refractivity contribution in [1.82, 2.24) is 5.32 Å². The Morgan fingerprint density at radius 1 is 0.483 bits per heavy atom. The van der Waals surface area contributed by atoms with Gasteiger partial charge in [0.1, 0.15) is 72.3 Å². The molecule has 12 aromatic carbocycles. The summed E-state index contributed by atoms with van der Waals surface area (Å²) >= 11 is 3.44. The summed E-state index contributed by atoms with van der Waals surface area (Å²) in [6, 6.07) is 80.5. The first-order chi connectivity index (χ1) is 57.4. The van der Waals surface area contributed by atoms with Gasteiger partial charge >= 0.3 is 0 Å². The minimum atomic E-state index is -0.322. The average Bonchev–Trinajstić information content (AvgIpc) is 1.59. The van der Waals surface area contributed by atoms with Crippen LogP contribution in [0.2, 0.25) is 0 Å². The van der Waals surface area contributed by atoms with Crippen molar-refractivity contribution in [1.29, 1.82) is 5.26 Å². The third kappa shape index (κ3) is 21.1. The van der Waals surface area contributed by atoms with E-state index < -0.39 is 0 Å². The Labute approximate surface area is 703 Å². The molecule has 3 unspecified atom stereocenters. The standard InChI is InChI=1S/C38H40N2O3.C33H29NO3.C24H22O3.C9H8BrN/c1-26(41)11-10-20-40-24-36-34-18-9-19-35(34)37(22-38(36)43-28(3)31-15-7-12-29(21-31)23-39)42-25-32-16-8-17-33(27(32)2)30-13-5-4-6-14-30;1-22-26(13-8-15-28(22)24-10-5-4-6-11-24)21-36-32-19-33(31(20-35)29-16-9-17-30(29)32)37-23(2)25-12-7-14-27(18-25)34-3;1-16-18(9-5-10-19(16)17-7-3-2-4-8-17)15-27-24-13-23(26)22(14-25)20-11-6-12-21(20)24;1-7(10)8-4-3-5-9(6-8)11-2/h4-8,12-17,21-22,28,40H,9-11,18-20,24-25H2,1-3H3;4-8,10-15,18-20,23H,9,16-17,21H2,1-2H3;2-5,7-10,13-14,26H,6,11-12,15H2,1H3;3-7H,1H3. The Hall–Kier alpha value is -12.6. The number of aromatic hydroxyl groups is 1. The molecule has 13 nitrogen and oxygen atoms in total. The van der Waals surface area contributed by atoms with Crippen LogP contribution in [0.1, 0.15) is 192 Å². The predicted octanol–water partition coefficient (Wildman–Crippen LogP) is 25.4. The number of benzene rings is 12. The number of ether oxygens (including phenoxy) is 5. The van der Waals surface area contributed by atoms with Crippen LogP contribution in [-0.4, -0.2) is 30.0 Å². The molecule has 596 valence electrons. The molecule has 3 aliphatic carbocycles. The van der Waals surface area contributed by atoms with Crippen LogP contribution in [-0.2, 0) is 69.7 Å². The summed E-state index contributed by atoms with van der Waals surface area (Å²) in [7, 11) is 0.